The molecule has 0 aliphatic heterocycles. The molecule has 0 fully saturated rings. The maximum Gasteiger partial charge on any atom is 0.0503 e. The van der Waals surface area contributed by atoms with Gasteiger partial charge in [-0.3, -0.25) is 0 Å². The number of hydrogen-bond acceptors (Lipinski definition) is 1. The highest BCUT2D eigenvalue weighted by Gasteiger charge is 2.06. The maximum absolute atomic E-state index is 3.88. The van der Waals surface area contributed by atoms with E-state index < -0.39 is 0 Å². The summed E-state index contributed by atoms with van der Waals surface area (Å²) in [6.45, 7) is 11.4. The minimum atomic E-state index is 0.282. The predicted octanol–water partition coefficient (Wildman–Crippen LogP) is 3.53. The van der Waals surface area contributed by atoms with E-state index in [1.807, 2.05) is 6.08 Å². The summed E-state index contributed by atoms with van der Waals surface area (Å²) in [4.78, 5) is 0. The molecule has 1 rings (SSSR count). The number of aryl methyl sites for hydroxylation is 2. The second kappa shape index (κ2) is 5.72. The lowest BCUT2D eigenvalue weighted by molar-refractivity contribution is 0.613. The Labute approximate surface area is 93.2 Å². The molecule has 1 atom stereocenters. The van der Waals surface area contributed by atoms with Gasteiger partial charge in [0.25, 0.3) is 0 Å². The third-order valence-corrected chi connectivity index (χ3v) is 2.74. The highest BCUT2D eigenvalue weighted by molar-refractivity contribution is 5.33. The van der Waals surface area contributed by atoms with Gasteiger partial charge in [0.2, 0.25) is 0 Å². The highest BCUT2D eigenvalue weighted by atomic mass is 14.9. The summed E-state index contributed by atoms with van der Waals surface area (Å²) >= 11 is 0. The first kappa shape index (κ1) is 12.0. The minimum Gasteiger partial charge on any atom is -0.307 e. The largest absolute Gasteiger partial charge is 0.307 e. The fourth-order valence-electron chi connectivity index (χ4n) is 1.60. The average molecular weight is 203 g/mol. The Bertz CT molecular complexity index is 328. The van der Waals surface area contributed by atoms with Crippen molar-refractivity contribution in [2.24, 2.45) is 0 Å². The SMILES string of the molecule is C=CC(NCCC)c1ccc(C)c(C)c1. The van der Waals surface area contributed by atoms with Crippen molar-refractivity contribution in [2.45, 2.75) is 33.2 Å². The van der Waals surface area contributed by atoms with E-state index in [2.05, 4.69) is 50.9 Å². The van der Waals surface area contributed by atoms with Gasteiger partial charge in [0, 0.05) is 0 Å². The summed E-state index contributed by atoms with van der Waals surface area (Å²) in [6.07, 6.45) is 3.12. The number of hydrogen-bond donors (Lipinski definition) is 1. The molecule has 1 N–H and O–H groups in total. The zero-order valence-corrected chi connectivity index (χ0v) is 10.0. The van der Waals surface area contributed by atoms with Crippen LogP contribution in [0.15, 0.2) is 30.9 Å². The van der Waals surface area contributed by atoms with Crippen LogP contribution in [0, 0.1) is 13.8 Å². The summed E-state index contributed by atoms with van der Waals surface area (Å²) in [5.41, 5.74) is 4.00. The van der Waals surface area contributed by atoms with E-state index in [0.717, 1.165) is 13.0 Å². The van der Waals surface area contributed by atoms with Gasteiger partial charge >= 0.3 is 0 Å². The Morgan fingerprint density at radius 2 is 2.07 bits per heavy atom. The number of rotatable bonds is 5. The van der Waals surface area contributed by atoms with Crippen LogP contribution < -0.4 is 5.32 Å². The Kier molecular flexibility index (Phi) is 4.57. The smallest absolute Gasteiger partial charge is 0.0503 e. The fraction of sp³-hybridized carbons (Fsp3) is 0.429. The lowest BCUT2D eigenvalue weighted by atomic mass is 10.0. The van der Waals surface area contributed by atoms with Crippen molar-refractivity contribution in [3.05, 3.63) is 47.5 Å². The highest BCUT2D eigenvalue weighted by Crippen LogP contribution is 2.17. The van der Waals surface area contributed by atoms with Crippen LogP contribution in [0.1, 0.15) is 36.1 Å². The maximum atomic E-state index is 3.88. The normalized spacial score (nSPS) is 12.5. The standard InChI is InChI=1S/C14H21N/c1-5-9-15-14(6-2)13-8-7-11(3)12(4)10-13/h6-8,10,14-15H,2,5,9H2,1,3-4H3. The average Bonchev–Trinajstić information content (AvgIpc) is 2.24. The van der Waals surface area contributed by atoms with Crippen molar-refractivity contribution in [1.82, 2.24) is 5.32 Å². The Hall–Kier alpha value is -1.08. The zero-order chi connectivity index (χ0) is 11.3. The van der Waals surface area contributed by atoms with Crippen LogP contribution >= 0.6 is 0 Å². The van der Waals surface area contributed by atoms with Crippen molar-refractivity contribution in [3.8, 4) is 0 Å². The van der Waals surface area contributed by atoms with Crippen LogP contribution in [0.3, 0.4) is 0 Å². The van der Waals surface area contributed by atoms with Crippen LogP contribution in [0.4, 0.5) is 0 Å². The monoisotopic (exact) mass is 203 g/mol. The molecule has 1 aromatic carbocycles. The van der Waals surface area contributed by atoms with Gasteiger partial charge in [0.05, 0.1) is 6.04 Å². The lowest BCUT2D eigenvalue weighted by Crippen LogP contribution is -2.20. The molecule has 1 heteroatoms. The summed E-state index contributed by atoms with van der Waals surface area (Å²) in [5.74, 6) is 0. The summed E-state index contributed by atoms with van der Waals surface area (Å²) in [6, 6.07) is 6.88. The van der Waals surface area contributed by atoms with E-state index in [1.54, 1.807) is 0 Å². The van der Waals surface area contributed by atoms with Gasteiger partial charge in [-0.05, 0) is 43.5 Å². The van der Waals surface area contributed by atoms with Gasteiger partial charge < -0.3 is 5.32 Å². The predicted molar refractivity (Wildman–Crippen MR) is 67.1 cm³/mol. The molecule has 1 aromatic rings. The Balaban J connectivity index is 2.82. The van der Waals surface area contributed by atoms with E-state index in [0.29, 0.717) is 0 Å². The van der Waals surface area contributed by atoms with Crippen molar-refractivity contribution in [1.29, 1.82) is 0 Å². The third-order valence-electron chi connectivity index (χ3n) is 2.74. The molecule has 0 aliphatic carbocycles. The van der Waals surface area contributed by atoms with Gasteiger partial charge in [-0.2, -0.15) is 0 Å². The minimum absolute atomic E-state index is 0.282. The molecule has 0 saturated carbocycles. The molecule has 0 bridgehead atoms. The lowest BCUT2D eigenvalue weighted by Gasteiger charge is -2.15. The molecule has 1 nitrogen and oxygen atoms in total. The van der Waals surface area contributed by atoms with E-state index in [4.69, 9.17) is 0 Å². The van der Waals surface area contributed by atoms with Crippen LogP contribution in [0.2, 0.25) is 0 Å². The summed E-state index contributed by atoms with van der Waals surface area (Å²) < 4.78 is 0. The quantitative estimate of drug-likeness (QED) is 0.722. The topological polar surface area (TPSA) is 12.0 Å². The molecule has 0 spiro atoms. The van der Waals surface area contributed by atoms with Crippen molar-refractivity contribution >= 4 is 0 Å². The third kappa shape index (κ3) is 3.21. The first-order valence-electron chi connectivity index (χ1n) is 5.62. The molecular formula is C14H21N. The fourth-order valence-corrected chi connectivity index (χ4v) is 1.60. The first-order valence-corrected chi connectivity index (χ1v) is 5.62. The van der Waals surface area contributed by atoms with Crippen molar-refractivity contribution in [3.63, 3.8) is 0 Å². The molecule has 15 heavy (non-hydrogen) atoms. The van der Waals surface area contributed by atoms with E-state index >= 15 is 0 Å². The van der Waals surface area contributed by atoms with Crippen LogP contribution in [-0.4, -0.2) is 6.54 Å². The second-order valence-electron chi connectivity index (χ2n) is 4.01. The molecule has 0 amide bonds. The van der Waals surface area contributed by atoms with E-state index in [9.17, 15) is 0 Å². The van der Waals surface area contributed by atoms with Gasteiger partial charge in [0.1, 0.15) is 0 Å². The van der Waals surface area contributed by atoms with Crippen molar-refractivity contribution < 1.29 is 0 Å². The molecule has 0 heterocycles. The second-order valence-corrected chi connectivity index (χ2v) is 4.01. The van der Waals surface area contributed by atoms with Gasteiger partial charge in [-0.15, -0.1) is 6.58 Å². The first-order chi connectivity index (χ1) is 7.19. The van der Waals surface area contributed by atoms with E-state index in [-0.39, 0.29) is 6.04 Å². The van der Waals surface area contributed by atoms with Gasteiger partial charge in [-0.1, -0.05) is 31.2 Å². The van der Waals surface area contributed by atoms with Gasteiger partial charge in [-0.25, -0.2) is 0 Å². The molecule has 0 saturated heterocycles. The molecule has 1 unspecified atom stereocenters. The molecular weight excluding hydrogens is 182 g/mol. The molecule has 82 valence electrons. The van der Waals surface area contributed by atoms with Crippen LogP contribution in [0.25, 0.3) is 0 Å². The summed E-state index contributed by atoms with van der Waals surface area (Å²) in [5, 5.41) is 3.46. The number of nitrogens with one attached hydrogen (secondary N) is 1. The number of benzene rings is 1. The molecule has 0 aromatic heterocycles. The van der Waals surface area contributed by atoms with E-state index in [1.165, 1.54) is 16.7 Å². The zero-order valence-electron chi connectivity index (χ0n) is 10.0. The van der Waals surface area contributed by atoms with Crippen molar-refractivity contribution in [2.75, 3.05) is 6.54 Å². The Morgan fingerprint density at radius 1 is 1.33 bits per heavy atom. The van der Waals surface area contributed by atoms with Crippen LogP contribution in [0.5, 0.6) is 0 Å². The summed E-state index contributed by atoms with van der Waals surface area (Å²) in [7, 11) is 0. The Morgan fingerprint density at radius 3 is 2.60 bits per heavy atom. The molecule has 0 radical (unpaired) electrons. The molecule has 0 aliphatic rings. The van der Waals surface area contributed by atoms with Crippen LogP contribution in [-0.2, 0) is 0 Å². The van der Waals surface area contributed by atoms with Gasteiger partial charge in [0.15, 0.2) is 0 Å².